The molecule has 1 aliphatic heterocycles. The largest absolute Gasteiger partial charge is 0.497 e. The molecular weight excluding hydrogens is 414 g/mol. The Balaban J connectivity index is 1.57. The first-order valence-electron chi connectivity index (χ1n) is 10.1. The van der Waals surface area contributed by atoms with Gasteiger partial charge < -0.3 is 9.64 Å². The minimum Gasteiger partial charge on any atom is -0.497 e. The van der Waals surface area contributed by atoms with Gasteiger partial charge in [-0.05, 0) is 30.2 Å². The number of carbonyl (C=O) groups is 1. The molecule has 1 saturated heterocycles. The van der Waals surface area contributed by atoms with Gasteiger partial charge in [0.25, 0.3) is 5.91 Å². The summed E-state index contributed by atoms with van der Waals surface area (Å²) in [4.78, 5) is 14.9. The van der Waals surface area contributed by atoms with Crippen molar-refractivity contribution in [3.05, 3.63) is 71.9 Å². The Morgan fingerprint density at radius 2 is 1.84 bits per heavy atom. The van der Waals surface area contributed by atoms with E-state index in [4.69, 9.17) is 4.74 Å². The van der Waals surface area contributed by atoms with E-state index in [1.807, 2.05) is 54.6 Å². The molecule has 0 spiro atoms. The third kappa shape index (κ3) is 4.34. The summed E-state index contributed by atoms with van der Waals surface area (Å²) in [5, 5.41) is 3.89. The number of benzene rings is 2. The maximum absolute atomic E-state index is 13.2. The lowest BCUT2D eigenvalue weighted by molar-refractivity contribution is 0.0755. The van der Waals surface area contributed by atoms with E-state index < -0.39 is 15.1 Å². The minimum atomic E-state index is -3.35. The molecule has 3 aromatic rings. The predicted octanol–water partition coefficient (Wildman–Crippen LogP) is 3.10. The van der Waals surface area contributed by atoms with Crippen molar-refractivity contribution < 1.29 is 17.9 Å². The van der Waals surface area contributed by atoms with Crippen molar-refractivity contribution >= 4 is 15.7 Å². The highest BCUT2D eigenvalue weighted by Gasteiger charge is 2.33. The van der Waals surface area contributed by atoms with Crippen molar-refractivity contribution in [2.45, 2.75) is 11.7 Å². The number of amides is 1. The monoisotopic (exact) mass is 439 g/mol. The standard InChI is InChI=1S/C23H25N3O4S/c1-25-21(16-20(24-25)18-9-6-10-19(15-18)30-2)23(27)26-12-11-22(31(28,29)14-13-26)17-7-4-3-5-8-17/h3-10,15-16,22H,11-14H2,1-2H3. The van der Waals surface area contributed by atoms with Gasteiger partial charge in [0.1, 0.15) is 11.4 Å². The Morgan fingerprint density at radius 1 is 1.06 bits per heavy atom. The fraction of sp³-hybridized carbons (Fsp3) is 0.304. The van der Waals surface area contributed by atoms with E-state index in [0.717, 1.165) is 11.1 Å². The minimum absolute atomic E-state index is 0.0567. The highest BCUT2D eigenvalue weighted by Crippen LogP contribution is 2.30. The lowest BCUT2D eigenvalue weighted by Gasteiger charge is -2.19. The van der Waals surface area contributed by atoms with Crippen molar-refractivity contribution in [3.63, 3.8) is 0 Å². The molecule has 2 heterocycles. The van der Waals surface area contributed by atoms with Crippen LogP contribution in [-0.2, 0) is 16.9 Å². The quantitative estimate of drug-likeness (QED) is 0.624. The molecule has 0 saturated carbocycles. The van der Waals surface area contributed by atoms with Crippen molar-refractivity contribution in [2.75, 3.05) is 26.0 Å². The van der Waals surface area contributed by atoms with Crippen LogP contribution in [0.3, 0.4) is 0 Å². The van der Waals surface area contributed by atoms with Gasteiger partial charge in [-0.15, -0.1) is 0 Å². The third-order valence-corrected chi connectivity index (χ3v) is 7.79. The number of ether oxygens (including phenoxy) is 1. The smallest absolute Gasteiger partial charge is 0.272 e. The number of aromatic nitrogens is 2. The van der Waals surface area contributed by atoms with Crippen molar-refractivity contribution in [1.82, 2.24) is 14.7 Å². The molecule has 1 atom stereocenters. The lowest BCUT2D eigenvalue weighted by Crippen LogP contribution is -2.34. The van der Waals surface area contributed by atoms with E-state index in [1.165, 1.54) is 0 Å². The summed E-state index contributed by atoms with van der Waals surface area (Å²) in [6.07, 6.45) is 0.374. The average molecular weight is 440 g/mol. The van der Waals surface area contributed by atoms with Gasteiger partial charge in [0.15, 0.2) is 9.84 Å². The molecule has 0 N–H and O–H groups in total. The third-order valence-electron chi connectivity index (χ3n) is 5.66. The van der Waals surface area contributed by atoms with E-state index in [2.05, 4.69) is 5.10 Å². The zero-order valence-corrected chi connectivity index (χ0v) is 18.4. The van der Waals surface area contributed by atoms with Crippen LogP contribution in [0.5, 0.6) is 5.75 Å². The molecule has 7 nitrogen and oxygen atoms in total. The second-order valence-corrected chi connectivity index (χ2v) is 9.92. The Kier molecular flexibility index (Phi) is 5.82. The molecule has 0 radical (unpaired) electrons. The summed E-state index contributed by atoms with van der Waals surface area (Å²) in [6.45, 7) is 0.543. The van der Waals surface area contributed by atoms with Crippen LogP contribution in [0.1, 0.15) is 27.7 Å². The van der Waals surface area contributed by atoms with Crippen LogP contribution in [0.25, 0.3) is 11.3 Å². The van der Waals surface area contributed by atoms with Gasteiger partial charge in [-0.3, -0.25) is 9.48 Å². The Morgan fingerprint density at radius 3 is 2.58 bits per heavy atom. The van der Waals surface area contributed by atoms with Crippen LogP contribution >= 0.6 is 0 Å². The topological polar surface area (TPSA) is 81.5 Å². The first-order valence-corrected chi connectivity index (χ1v) is 11.8. The summed E-state index contributed by atoms with van der Waals surface area (Å²) in [5.41, 5.74) is 2.71. The number of nitrogens with zero attached hydrogens (tertiary/aromatic N) is 3. The molecule has 4 rings (SSSR count). The van der Waals surface area contributed by atoms with E-state index >= 15 is 0 Å². The van der Waals surface area contributed by atoms with Crippen molar-refractivity contribution in [3.8, 4) is 17.0 Å². The number of rotatable bonds is 4. The zero-order valence-electron chi connectivity index (χ0n) is 17.6. The summed E-state index contributed by atoms with van der Waals surface area (Å²) in [6, 6.07) is 18.4. The molecule has 1 aromatic heterocycles. The van der Waals surface area contributed by atoms with E-state index in [1.54, 1.807) is 29.8 Å². The molecule has 162 valence electrons. The second-order valence-electron chi connectivity index (χ2n) is 7.62. The SMILES string of the molecule is COc1cccc(-c2cc(C(=O)N3CCC(c4ccccc4)S(=O)(=O)CC3)n(C)n2)c1. The molecule has 2 aromatic carbocycles. The summed E-state index contributed by atoms with van der Waals surface area (Å²) >= 11 is 0. The van der Waals surface area contributed by atoms with Gasteiger partial charge in [0, 0.05) is 25.7 Å². The van der Waals surface area contributed by atoms with Crippen LogP contribution in [0.4, 0.5) is 0 Å². The molecule has 1 amide bonds. The van der Waals surface area contributed by atoms with Crippen LogP contribution in [0.15, 0.2) is 60.7 Å². The lowest BCUT2D eigenvalue weighted by atomic mass is 10.1. The fourth-order valence-electron chi connectivity index (χ4n) is 3.94. The highest BCUT2D eigenvalue weighted by atomic mass is 32.2. The second kappa shape index (κ2) is 8.55. The van der Waals surface area contributed by atoms with E-state index in [0.29, 0.717) is 30.1 Å². The number of hydrogen-bond acceptors (Lipinski definition) is 5. The van der Waals surface area contributed by atoms with E-state index in [9.17, 15) is 13.2 Å². The van der Waals surface area contributed by atoms with Gasteiger partial charge in [0.2, 0.25) is 0 Å². The van der Waals surface area contributed by atoms with Crippen LogP contribution < -0.4 is 4.74 Å². The number of sulfone groups is 1. The van der Waals surface area contributed by atoms with Gasteiger partial charge in [-0.1, -0.05) is 42.5 Å². The molecule has 8 heteroatoms. The number of methoxy groups -OCH3 is 1. The van der Waals surface area contributed by atoms with Gasteiger partial charge in [0.05, 0.1) is 23.8 Å². The normalized spacial score (nSPS) is 18.4. The maximum Gasteiger partial charge on any atom is 0.272 e. The van der Waals surface area contributed by atoms with E-state index in [-0.39, 0.29) is 18.2 Å². The van der Waals surface area contributed by atoms with Crippen LogP contribution in [0, 0.1) is 0 Å². The van der Waals surface area contributed by atoms with Gasteiger partial charge in [-0.2, -0.15) is 5.10 Å². The van der Waals surface area contributed by atoms with Gasteiger partial charge >= 0.3 is 0 Å². The Hall–Kier alpha value is -3.13. The zero-order chi connectivity index (χ0) is 22.0. The Bertz CT molecular complexity index is 1190. The summed E-state index contributed by atoms with van der Waals surface area (Å²) in [5.74, 6) is 0.438. The van der Waals surface area contributed by atoms with Crippen molar-refractivity contribution in [1.29, 1.82) is 0 Å². The van der Waals surface area contributed by atoms with Crippen LogP contribution in [0.2, 0.25) is 0 Å². The van der Waals surface area contributed by atoms with Crippen LogP contribution in [-0.4, -0.2) is 55.0 Å². The maximum atomic E-state index is 13.2. The molecule has 1 fully saturated rings. The summed E-state index contributed by atoms with van der Waals surface area (Å²) in [7, 11) is -0.0272. The van der Waals surface area contributed by atoms with Crippen molar-refractivity contribution in [2.24, 2.45) is 7.05 Å². The molecule has 31 heavy (non-hydrogen) atoms. The first kappa shape index (κ1) is 21.1. The van der Waals surface area contributed by atoms with Gasteiger partial charge in [-0.25, -0.2) is 8.42 Å². The molecular formula is C23H25N3O4S. The number of aryl methyl sites for hydroxylation is 1. The summed E-state index contributed by atoms with van der Waals surface area (Å²) < 4.78 is 32.5. The molecule has 1 unspecified atom stereocenters. The highest BCUT2D eigenvalue weighted by molar-refractivity contribution is 7.91. The average Bonchev–Trinajstić information content (AvgIpc) is 3.09. The Labute approximate surface area is 182 Å². The molecule has 1 aliphatic rings. The number of hydrogen-bond donors (Lipinski definition) is 0. The molecule has 0 aliphatic carbocycles. The predicted molar refractivity (Wildman–Crippen MR) is 119 cm³/mol. The number of carbonyl (C=O) groups excluding carboxylic acids is 1. The molecule has 0 bridgehead atoms. The first-order chi connectivity index (χ1) is 14.9. The fourth-order valence-corrected chi connectivity index (χ4v) is 5.74.